The van der Waals surface area contributed by atoms with Crippen LogP contribution in [0.2, 0.25) is 0 Å². The molecule has 0 radical (unpaired) electrons. The van der Waals surface area contributed by atoms with Crippen LogP contribution in [0.25, 0.3) is 0 Å². The van der Waals surface area contributed by atoms with E-state index in [0.29, 0.717) is 12.0 Å². The summed E-state index contributed by atoms with van der Waals surface area (Å²) in [5.41, 5.74) is 7.37. The second kappa shape index (κ2) is 12.5. The lowest BCUT2D eigenvalue weighted by Crippen LogP contribution is -2.51. The molecule has 2 atom stereocenters. The van der Waals surface area contributed by atoms with Gasteiger partial charge in [-0.2, -0.15) is 0 Å². The number of unbranched alkanes of at least 4 members (excludes halogenated alkanes) is 1. The number of nitrogens with zero attached hydrogens (tertiary/aromatic N) is 2. The van der Waals surface area contributed by atoms with E-state index in [1.807, 2.05) is 0 Å². The fraction of sp³-hybridized carbons (Fsp3) is 0.657. The first-order valence-electron chi connectivity index (χ1n) is 14.5. The standard InChI is InChI=1S/C35H58N2/c1-14-15-22-36(12)25-28-17-19-29(20-18-28)32(34(7,8)9)37(13)35(10,11)31(24-33(4,5)6)30-21-16-26(2)23-27(30)3/h16-21,23,31-32H,14-15,22,24-25H2,1-13H3. The summed E-state index contributed by atoms with van der Waals surface area (Å²) >= 11 is 0. The van der Waals surface area contributed by atoms with Crippen LogP contribution in [0.3, 0.4) is 0 Å². The van der Waals surface area contributed by atoms with Crippen molar-refractivity contribution in [1.29, 1.82) is 0 Å². The van der Waals surface area contributed by atoms with Crippen molar-refractivity contribution in [3.05, 3.63) is 70.3 Å². The molecule has 208 valence electrons. The SMILES string of the molecule is CCCCN(C)Cc1ccc(C(N(C)C(C)(C)C(CC(C)(C)C)c2ccc(C)cc2C)C(C)(C)C)cc1. The van der Waals surface area contributed by atoms with Gasteiger partial charge in [0.05, 0.1) is 0 Å². The molecule has 0 aliphatic rings. The molecule has 0 heterocycles. The second-order valence-corrected chi connectivity index (χ2v) is 14.5. The Bertz CT molecular complexity index is 972. The molecule has 2 heteroatoms. The highest BCUT2D eigenvalue weighted by atomic mass is 15.2. The molecule has 2 aromatic rings. The molecule has 0 aliphatic heterocycles. The van der Waals surface area contributed by atoms with Crippen LogP contribution in [0.4, 0.5) is 0 Å². The van der Waals surface area contributed by atoms with Gasteiger partial charge < -0.3 is 4.90 Å². The molecule has 2 rings (SSSR count). The lowest BCUT2D eigenvalue weighted by atomic mass is 9.69. The summed E-state index contributed by atoms with van der Waals surface area (Å²) < 4.78 is 0. The van der Waals surface area contributed by atoms with Crippen LogP contribution >= 0.6 is 0 Å². The predicted octanol–water partition coefficient (Wildman–Crippen LogP) is 9.55. The quantitative estimate of drug-likeness (QED) is 0.299. The van der Waals surface area contributed by atoms with E-state index < -0.39 is 0 Å². The third-order valence-electron chi connectivity index (χ3n) is 8.23. The van der Waals surface area contributed by atoms with Gasteiger partial charge in [0.15, 0.2) is 0 Å². The van der Waals surface area contributed by atoms with Crippen molar-refractivity contribution < 1.29 is 0 Å². The molecule has 0 aliphatic carbocycles. The van der Waals surface area contributed by atoms with E-state index in [-0.39, 0.29) is 16.4 Å². The minimum absolute atomic E-state index is 0.0374. The maximum atomic E-state index is 2.69. The summed E-state index contributed by atoms with van der Waals surface area (Å²) in [4.78, 5) is 5.13. The maximum absolute atomic E-state index is 2.69. The van der Waals surface area contributed by atoms with Crippen LogP contribution in [0, 0.1) is 24.7 Å². The monoisotopic (exact) mass is 506 g/mol. The summed E-state index contributed by atoms with van der Waals surface area (Å²) in [7, 11) is 4.60. The number of aryl methyl sites for hydroxylation is 2. The van der Waals surface area contributed by atoms with E-state index in [9.17, 15) is 0 Å². The lowest BCUT2D eigenvalue weighted by Gasteiger charge is -2.51. The first-order valence-corrected chi connectivity index (χ1v) is 14.5. The van der Waals surface area contributed by atoms with Gasteiger partial charge in [0.1, 0.15) is 0 Å². The first kappa shape index (κ1) is 31.6. The van der Waals surface area contributed by atoms with Crippen molar-refractivity contribution in [2.75, 3.05) is 20.6 Å². The van der Waals surface area contributed by atoms with Crippen LogP contribution in [-0.4, -0.2) is 36.0 Å². The number of hydrogen-bond donors (Lipinski definition) is 0. The average molecular weight is 507 g/mol. The van der Waals surface area contributed by atoms with Crippen LogP contribution in [0.5, 0.6) is 0 Å². The number of likely N-dealkylation sites (N-methyl/N-ethyl adjacent to an activating group) is 1. The Morgan fingerprint density at radius 2 is 1.41 bits per heavy atom. The van der Waals surface area contributed by atoms with E-state index in [0.717, 1.165) is 19.5 Å². The van der Waals surface area contributed by atoms with Gasteiger partial charge in [0.2, 0.25) is 0 Å². The first-order chi connectivity index (χ1) is 17.0. The van der Waals surface area contributed by atoms with Crippen molar-refractivity contribution in [2.45, 2.75) is 119 Å². The average Bonchev–Trinajstić information content (AvgIpc) is 2.76. The molecule has 0 saturated carbocycles. The van der Waals surface area contributed by atoms with E-state index in [1.54, 1.807) is 0 Å². The molecular formula is C35H58N2. The predicted molar refractivity (Wildman–Crippen MR) is 164 cm³/mol. The highest BCUT2D eigenvalue weighted by Crippen LogP contribution is 2.48. The van der Waals surface area contributed by atoms with Gasteiger partial charge in [-0.15, -0.1) is 0 Å². The van der Waals surface area contributed by atoms with Gasteiger partial charge in [-0.1, -0.05) is 103 Å². The second-order valence-electron chi connectivity index (χ2n) is 14.5. The summed E-state index contributed by atoms with van der Waals surface area (Å²) in [6.45, 7) is 28.2. The van der Waals surface area contributed by atoms with Gasteiger partial charge in [-0.05, 0) is 94.3 Å². The summed E-state index contributed by atoms with van der Waals surface area (Å²) in [5, 5.41) is 0. The molecule has 0 fully saturated rings. The van der Waals surface area contributed by atoms with Crippen LogP contribution < -0.4 is 0 Å². The zero-order chi connectivity index (χ0) is 28.2. The fourth-order valence-corrected chi connectivity index (χ4v) is 6.08. The minimum Gasteiger partial charge on any atom is -0.302 e. The van der Waals surface area contributed by atoms with Gasteiger partial charge in [-0.25, -0.2) is 0 Å². The van der Waals surface area contributed by atoms with Crippen LogP contribution in [-0.2, 0) is 6.54 Å². The molecule has 2 unspecified atom stereocenters. The number of rotatable bonds is 11. The Morgan fingerprint density at radius 1 is 0.811 bits per heavy atom. The zero-order valence-corrected chi connectivity index (χ0v) is 26.6. The smallest absolute Gasteiger partial charge is 0.0398 e. The van der Waals surface area contributed by atoms with Crippen molar-refractivity contribution in [2.24, 2.45) is 10.8 Å². The molecular weight excluding hydrogens is 448 g/mol. The van der Waals surface area contributed by atoms with Crippen molar-refractivity contribution in [3.8, 4) is 0 Å². The summed E-state index contributed by atoms with van der Waals surface area (Å²) in [5.74, 6) is 0.425. The summed E-state index contributed by atoms with van der Waals surface area (Å²) in [6, 6.07) is 16.9. The highest BCUT2D eigenvalue weighted by Gasteiger charge is 2.43. The molecule has 2 nitrogen and oxygen atoms in total. The van der Waals surface area contributed by atoms with E-state index in [2.05, 4.69) is 143 Å². The van der Waals surface area contributed by atoms with Crippen LogP contribution in [0.15, 0.2) is 42.5 Å². The Balaban J connectivity index is 2.47. The Kier molecular flexibility index (Phi) is 10.6. The van der Waals surface area contributed by atoms with Gasteiger partial charge >= 0.3 is 0 Å². The Hall–Kier alpha value is -1.64. The number of hydrogen-bond acceptors (Lipinski definition) is 2. The number of benzene rings is 2. The molecule has 2 aromatic carbocycles. The molecule has 0 amide bonds. The fourth-order valence-electron chi connectivity index (χ4n) is 6.08. The van der Waals surface area contributed by atoms with E-state index >= 15 is 0 Å². The molecule has 0 aromatic heterocycles. The molecule has 0 bridgehead atoms. The topological polar surface area (TPSA) is 6.48 Å². The van der Waals surface area contributed by atoms with Crippen molar-refractivity contribution in [3.63, 3.8) is 0 Å². The zero-order valence-electron chi connectivity index (χ0n) is 26.6. The lowest BCUT2D eigenvalue weighted by molar-refractivity contribution is 0.0116. The Labute approximate surface area is 230 Å². The maximum Gasteiger partial charge on any atom is 0.0398 e. The third-order valence-corrected chi connectivity index (χ3v) is 8.23. The van der Waals surface area contributed by atoms with Crippen molar-refractivity contribution >= 4 is 0 Å². The van der Waals surface area contributed by atoms with E-state index in [4.69, 9.17) is 0 Å². The molecule has 37 heavy (non-hydrogen) atoms. The molecule has 0 spiro atoms. The third kappa shape index (κ3) is 8.69. The van der Waals surface area contributed by atoms with Gasteiger partial charge in [-0.3, -0.25) is 4.90 Å². The molecule has 0 N–H and O–H groups in total. The molecule has 0 saturated heterocycles. The Morgan fingerprint density at radius 3 is 1.89 bits per heavy atom. The van der Waals surface area contributed by atoms with Gasteiger partial charge in [0.25, 0.3) is 0 Å². The largest absolute Gasteiger partial charge is 0.302 e. The normalized spacial score (nSPS) is 14.9. The summed E-state index contributed by atoms with van der Waals surface area (Å²) in [6.07, 6.45) is 3.65. The van der Waals surface area contributed by atoms with E-state index in [1.165, 1.54) is 40.7 Å². The highest BCUT2D eigenvalue weighted by molar-refractivity contribution is 5.36. The van der Waals surface area contributed by atoms with Crippen molar-refractivity contribution in [1.82, 2.24) is 9.80 Å². The minimum atomic E-state index is -0.0374. The van der Waals surface area contributed by atoms with Crippen LogP contribution in [0.1, 0.15) is 121 Å². The van der Waals surface area contributed by atoms with Gasteiger partial charge in [0, 0.05) is 24.0 Å².